The predicted octanol–water partition coefficient (Wildman–Crippen LogP) is 3.52. The van der Waals surface area contributed by atoms with Gasteiger partial charge in [0.05, 0.1) is 11.3 Å². The second-order valence-corrected chi connectivity index (χ2v) is 5.39. The SMILES string of the molecule is Cc1nc2cc(C(F)(F)F)cnc2n1-c1ccc2c(c1)OCCO2. The third kappa shape index (κ3) is 2.34. The molecular formula is C16H12F3N3O2. The zero-order valence-electron chi connectivity index (χ0n) is 12.6. The second-order valence-electron chi connectivity index (χ2n) is 5.39. The largest absolute Gasteiger partial charge is 0.486 e. The third-order valence-corrected chi connectivity index (χ3v) is 3.78. The summed E-state index contributed by atoms with van der Waals surface area (Å²) in [6.07, 6.45) is -3.63. The molecule has 0 unspecified atom stereocenters. The lowest BCUT2D eigenvalue weighted by atomic mass is 10.2. The number of ether oxygens (including phenoxy) is 2. The first-order chi connectivity index (χ1) is 11.4. The van der Waals surface area contributed by atoms with Crippen LogP contribution in [-0.2, 0) is 6.18 Å². The molecular weight excluding hydrogens is 323 g/mol. The summed E-state index contributed by atoms with van der Waals surface area (Å²) >= 11 is 0. The first-order valence-electron chi connectivity index (χ1n) is 7.26. The van der Waals surface area contributed by atoms with E-state index in [9.17, 15) is 13.2 Å². The van der Waals surface area contributed by atoms with E-state index >= 15 is 0 Å². The van der Waals surface area contributed by atoms with Gasteiger partial charge in [-0.15, -0.1) is 0 Å². The standard InChI is InChI=1S/C16H12F3N3O2/c1-9-21-12-6-10(16(17,18)19)8-20-15(12)22(9)11-2-3-13-14(7-11)24-5-4-23-13/h2-3,6-8H,4-5H2,1H3. The number of pyridine rings is 1. The summed E-state index contributed by atoms with van der Waals surface area (Å²) in [5.41, 5.74) is 0.433. The van der Waals surface area contributed by atoms with E-state index in [1.54, 1.807) is 29.7 Å². The van der Waals surface area contributed by atoms with E-state index in [2.05, 4.69) is 9.97 Å². The summed E-state index contributed by atoms with van der Waals surface area (Å²) in [4.78, 5) is 8.17. The Labute approximate surface area is 134 Å². The minimum absolute atomic E-state index is 0.192. The van der Waals surface area contributed by atoms with Gasteiger partial charge >= 0.3 is 6.18 Å². The molecule has 0 amide bonds. The van der Waals surface area contributed by atoms with Crippen LogP contribution in [0.4, 0.5) is 13.2 Å². The van der Waals surface area contributed by atoms with Crippen molar-refractivity contribution in [2.45, 2.75) is 13.1 Å². The van der Waals surface area contributed by atoms with Gasteiger partial charge in [0.25, 0.3) is 0 Å². The second kappa shape index (κ2) is 5.12. The van der Waals surface area contributed by atoms with Crippen molar-refractivity contribution in [2.24, 2.45) is 0 Å². The van der Waals surface area contributed by atoms with Gasteiger partial charge in [-0.2, -0.15) is 13.2 Å². The Bertz CT molecular complexity index is 934. The zero-order chi connectivity index (χ0) is 16.9. The van der Waals surface area contributed by atoms with E-state index in [1.807, 2.05) is 0 Å². The van der Waals surface area contributed by atoms with Gasteiger partial charge in [0.1, 0.15) is 24.6 Å². The molecule has 2 aromatic heterocycles. The first-order valence-corrected chi connectivity index (χ1v) is 7.26. The van der Waals surface area contributed by atoms with Crippen molar-refractivity contribution in [3.05, 3.63) is 41.9 Å². The van der Waals surface area contributed by atoms with Gasteiger partial charge in [0.2, 0.25) is 0 Å². The first kappa shape index (κ1) is 14.8. The van der Waals surface area contributed by atoms with Gasteiger partial charge in [-0.3, -0.25) is 4.57 Å². The minimum Gasteiger partial charge on any atom is -0.486 e. The maximum Gasteiger partial charge on any atom is 0.417 e. The molecule has 3 heterocycles. The van der Waals surface area contributed by atoms with Crippen LogP contribution in [0.15, 0.2) is 30.5 Å². The average molecular weight is 335 g/mol. The molecule has 3 aromatic rings. The highest BCUT2D eigenvalue weighted by molar-refractivity contribution is 5.75. The van der Waals surface area contributed by atoms with Crippen molar-refractivity contribution in [1.29, 1.82) is 0 Å². The summed E-state index contributed by atoms with van der Waals surface area (Å²) in [6, 6.07) is 6.33. The van der Waals surface area contributed by atoms with Crippen molar-refractivity contribution in [3.8, 4) is 17.2 Å². The number of hydrogen-bond acceptors (Lipinski definition) is 4. The summed E-state index contributed by atoms with van der Waals surface area (Å²) < 4.78 is 51.2. The van der Waals surface area contributed by atoms with E-state index in [4.69, 9.17) is 9.47 Å². The fraction of sp³-hybridized carbons (Fsp3) is 0.250. The number of aromatic nitrogens is 3. The van der Waals surface area contributed by atoms with Gasteiger partial charge in [0, 0.05) is 12.3 Å². The molecule has 0 atom stereocenters. The van der Waals surface area contributed by atoms with Gasteiger partial charge < -0.3 is 9.47 Å². The van der Waals surface area contributed by atoms with Crippen LogP contribution >= 0.6 is 0 Å². The number of hydrogen-bond donors (Lipinski definition) is 0. The molecule has 0 fully saturated rings. The lowest BCUT2D eigenvalue weighted by Crippen LogP contribution is -2.15. The lowest BCUT2D eigenvalue weighted by molar-refractivity contribution is -0.137. The number of aryl methyl sites for hydroxylation is 1. The highest BCUT2D eigenvalue weighted by Crippen LogP contribution is 2.34. The summed E-state index contributed by atoms with van der Waals surface area (Å²) in [5, 5.41) is 0. The van der Waals surface area contributed by atoms with Crippen LogP contribution in [0.3, 0.4) is 0 Å². The number of benzene rings is 1. The number of halogens is 3. The summed E-state index contributed by atoms with van der Waals surface area (Å²) in [6.45, 7) is 2.65. The zero-order valence-corrected chi connectivity index (χ0v) is 12.6. The van der Waals surface area contributed by atoms with Crippen LogP contribution in [-0.4, -0.2) is 27.7 Å². The van der Waals surface area contributed by atoms with Gasteiger partial charge in [-0.25, -0.2) is 9.97 Å². The molecule has 8 heteroatoms. The number of alkyl halides is 3. The highest BCUT2D eigenvalue weighted by atomic mass is 19.4. The maximum atomic E-state index is 12.8. The highest BCUT2D eigenvalue weighted by Gasteiger charge is 2.31. The monoisotopic (exact) mass is 335 g/mol. The molecule has 1 aliphatic rings. The van der Waals surface area contributed by atoms with Gasteiger partial charge in [-0.05, 0) is 25.1 Å². The number of nitrogens with zero attached hydrogens (tertiary/aromatic N) is 3. The molecule has 0 bridgehead atoms. The van der Waals surface area contributed by atoms with Crippen LogP contribution in [0.2, 0.25) is 0 Å². The third-order valence-electron chi connectivity index (χ3n) is 3.78. The van der Waals surface area contributed by atoms with E-state index in [1.165, 1.54) is 0 Å². The molecule has 24 heavy (non-hydrogen) atoms. The Morgan fingerprint density at radius 1 is 1.08 bits per heavy atom. The molecule has 0 saturated carbocycles. The molecule has 1 aromatic carbocycles. The van der Waals surface area contributed by atoms with Crippen LogP contribution in [0.5, 0.6) is 11.5 Å². The number of imidazole rings is 1. The smallest absolute Gasteiger partial charge is 0.417 e. The van der Waals surface area contributed by atoms with Gasteiger partial charge in [0.15, 0.2) is 17.1 Å². The Balaban J connectivity index is 1.86. The van der Waals surface area contributed by atoms with Crippen LogP contribution in [0.25, 0.3) is 16.9 Å². The van der Waals surface area contributed by atoms with Crippen molar-refractivity contribution in [2.75, 3.05) is 13.2 Å². The van der Waals surface area contributed by atoms with E-state index in [0.29, 0.717) is 41.9 Å². The van der Waals surface area contributed by atoms with Crippen LogP contribution < -0.4 is 9.47 Å². The predicted molar refractivity (Wildman–Crippen MR) is 79.6 cm³/mol. The Morgan fingerprint density at radius 3 is 2.58 bits per heavy atom. The van der Waals surface area contributed by atoms with E-state index in [0.717, 1.165) is 12.3 Å². The Morgan fingerprint density at radius 2 is 1.83 bits per heavy atom. The molecule has 0 N–H and O–H groups in total. The quantitative estimate of drug-likeness (QED) is 0.683. The molecule has 1 aliphatic heterocycles. The molecule has 0 spiro atoms. The maximum absolute atomic E-state index is 12.8. The molecule has 0 radical (unpaired) electrons. The van der Waals surface area contributed by atoms with E-state index in [-0.39, 0.29) is 5.52 Å². The Hall–Kier alpha value is -2.77. The summed E-state index contributed by atoms with van der Waals surface area (Å²) in [7, 11) is 0. The Kier molecular flexibility index (Phi) is 3.16. The van der Waals surface area contributed by atoms with Crippen molar-refractivity contribution in [3.63, 3.8) is 0 Å². The molecule has 0 saturated heterocycles. The van der Waals surface area contributed by atoms with Crippen LogP contribution in [0.1, 0.15) is 11.4 Å². The number of rotatable bonds is 1. The molecule has 4 rings (SSSR count). The average Bonchev–Trinajstić information content (AvgIpc) is 2.88. The molecule has 124 valence electrons. The summed E-state index contributed by atoms with van der Waals surface area (Å²) in [5.74, 6) is 1.76. The normalized spacial score (nSPS) is 14.2. The minimum atomic E-state index is -4.45. The van der Waals surface area contributed by atoms with Crippen molar-refractivity contribution < 1.29 is 22.6 Å². The van der Waals surface area contributed by atoms with Gasteiger partial charge in [-0.1, -0.05) is 0 Å². The lowest BCUT2D eigenvalue weighted by Gasteiger charge is -2.19. The topological polar surface area (TPSA) is 49.2 Å². The van der Waals surface area contributed by atoms with Crippen molar-refractivity contribution in [1.82, 2.24) is 14.5 Å². The van der Waals surface area contributed by atoms with E-state index < -0.39 is 11.7 Å². The van der Waals surface area contributed by atoms with Crippen molar-refractivity contribution >= 4 is 11.2 Å². The van der Waals surface area contributed by atoms with Crippen LogP contribution in [0, 0.1) is 6.92 Å². The fourth-order valence-corrected chi connectivity index (χ4v) is 2.71. The molecule has 5 nitrogen and oxygen atoms in total. The number of fused-ring (bicyclic) bond motifs is 2. The molecule has 0 aliphatic carbocycles. The fourth-order valence-electron chi connectivity index (χ4n) is 2.71.